The summed E-state index contributed by atoms with van der Waals surface area (Å²) < 4.78 is 53.4. The van der Waals surface area contributed by atoms with E-state index < -0.39 is 48.7 Å². The zero-order valence-corrected chi connectivity index (χ0v) is 10.4. The molecule has 4 atom stereocenters. The fourth-order valence-electron chi connectivity index (χ4n) is 3.05. The van der Waals surface area contributed by atoms with E-state index in [1.807, 2.05) is 0 Å². The molecule has 1 aromatic rings. The van der Waals surface area contributed by atoms with E-state index in [4.69, 9.17) is 10.2 Å². The Morgan fingerprint density at radius 1 is 0.750 bits per heavy atom. The highest BCUT2D eigenvalue weighted by molar-refractivity contribution is 5.39. The number of benzene rings is 1. The van der Waals surface area contributed by atoms with Gasteiger partial charge in [-0.25, -0.2) is 17.6 Å². The van der Waals surface area contributed by atoms with Crippen molar-refractivity contribution in [2.75, 3.05) is 13.2 Å². The van der Waals surface area contributed by atoms with Gasteiger partial charge in [0.2, 0.25) is 0 Å². The van der Waals surface area contributed by atoms with Crippen LogP contribution in [0.25, 0.3) is 0 Å². The van der Waals surface area contributed by atoms with Crippen LogP contribution in [0.3, 0.4) is 0 Å². The normalized spacial score (nSPS) is 36.7. The molecule has 0 bridgehead atoms. The van der Waals surface area contributed by atoms with Gasteiger partial charge in [0, 0.05) is 0 Å². The lowest BCUT2D eigenvalue weighted by atomic mass is 10.0. The molecule has 20 heavy (non-hydrogen) atoms. The summed E-state index contributed by atoms with van der Waals surface area (Å²) in [4.78, 5) is 0. The fraction of sp³-hybridized carbons (Fsp3) is 0.571. The summed E-state index contributed by atoms with van der Waals surface area (Å²) in [6.07, 6.45) is 0. The second kappa shape index (κ2) is 4.18. The summed E-state index contributed by atoms with van der Waals surface area (Å²) in [7, 11) is 0. The van der Waals surface area contributed by atoms with Crippen LogP contribution in [0.2, 0.25) is 0 Å². The van der Waals surface area contributed by atoms with Gasteiger partial charge in [0.1, 0.15) is 0 Å². The SMILES string of the molecule is OCC1C(c2ccc(C3C(CO)C3(F)F)cc2)C1(F)F. The van der Waals surface area contributed by atoms with Gasteiger partial charge < -0.3 is 10.2 Å². The van der Waals surface area contributed by atoms with Gasteiger partial charge in [-0.15, -0.1) is 0 Å². The van der Waals surface area contributed by atoms with Crippen LogP contribution in [0.5, 0.6) is 0 Å². The highest BCUT2D eigenvalue weighted by Gasteiger charge is 2.69. The van der Waals surface area contributed by atoms with Gasteiger partial charge in [-0.05, 0) is 11.1 Å². The van der Waals surface area contributed by atoms with Gasteiger partial charge in [-0.3, -0.25) is 0 Å². The zero-order chi connectivity index (χ0) is 14.7. The topological polar surface area (TPSA) is 40.5 Å². The highest BCUT2D eigenvalue weighted by Crippen LogP contribution is 2.63. The molecule has 2 fully saturated rings. The lowest BCUT2D eigenvalue weighted by Crippen LogP contribution is -1.97. The Morgan fingerprint density at radius 2 is 1.05 bits per heavy atom. The van der Waals surface area contributed by atoms with Crippen LogP contribution in [-0.2, 0) is 0 Å². The Kier molecular flexibility index (Phi) is 2.89. The molecule has 6 heteroatoms. The molecule has 0 aromatic heterocycles. The van der Waals surface area contributed by atoms with Gasteiger partial charge in [0.05, 0.1) is 36.9 Å². The van der Waals surface area contributed by atoms with Crippen LogP contribution in [0.15, 0.2) is 24.3 Å². The van der Waals surface area contributed by atoms with Crippen molar-refractivity contribution in [2.24, 2.45) is 11.8 Å². The monoisotopic (exact) mass is 290 g/mol. The number of halogens is 4. The van der Waals surface area contributed by atoms with Crippen molar-refractivity contribution in [3.05, 3.63) is 35.4 Å². The van der Waals surface area contributed by atoms with Crippen molar-refractivity contribution in [3.8, 4) is 0 Å². The molecule has 0 heterocycles. The maximum atomic E-state index is 13.3. The minimum atomic E-state index is -2.92. The van der Waals surface area contributed by atoms with Crippen LogP contribution in [0, 0.1) is 11.8 Å². The van der Waals surface area contributed by atoms with Gasteiger partial charge in [0.25, 0.3) is 11.8 Å². The summed E-state index contributed by atoms with van der Waals surface area (Å²) in [5.41, 5.74) is 0.699. The van der Waals surface area contributed by atoms with Crippen molar-refractivity contribution in [2.45, 2.75) is 23.7 Å². The van der Waals surface area contributed by atoms with Crippen molar-refractivity contribution in [1.82, 2.24) is 0 Å². The molecule has 2 aliphatic carbocycles. The average molecular weight is 290 g/mol. The van der Waals surface area contributed by atoms with Gasteiger partial charge in [-0.2, -0.15) is 0 Å². The molecule has 0 saturated heterocycles. The van der Waals surface area contributed by atoms with Crippen LogP contribution >= 0.6 is 0 Å². The minimum Gasteiger partial charge on any atom is -0.396 e. The van der Waals surface area contributed by atoms with Gasteiger partial charge in [0.15, 0.2) is 0 Å². The Labute approximate surface area is 113 Å². The molecule has 0 aliphatic heterocycles. The molecule has 0 radical (unpaired) electrons. The third-order valence-electron chi connectivity index (χ3n) is 4.45. The quantitative estimate of drug-likeness (QED) is 0.836. The third kappa shape index (κ3) is 1.78. The summed E-state index contributed by atoms with van der Waals surface area (Å²) in [5, 5.41) is 17.7. The number of alkyl halides is 4. The van der Waals surface area contributed by atoms with E-state index in [0.29, 0.717) is 11.1 Å². The van der Waals surface area contributed by atoms with Crippen molar-refractivity contribution in [1.29, 1.82) is 0 Å². The molecule has 4 unspecified atom stereocenters. The van der Waals surface area contributed by atoms with Gasteiger partial charge in [-0.1, -0.05) is 24.3 Å². The van der Waals surface area contributed by atoms with Crippen LogP contribution < -0.4 is 0 Å². The second-order valence-corrected chi connectivity index (χ2v) is 5.55. The summed E-state index contributed by atoms with van der Waals surface area (Å²) in [6.45, 7) is -1.18. The molecular formula is C14H14F4O2. The smallest absolute Gasteiger partial charge is 0.261 e. The summed E-state index contributed by atoms with van der Waals surface area (Å²) in [6, 6.07) is 5.64. The first-order valence-corrected chi connectivity index (χ1v) is 6.42. The number of hydrogen-bond acceptors (Lipinski definition) is 2. The molecule has 2 N–H and O–H groups in total. The highest BCUT2D eigenvalue weighted by atomic mass is 19.3. The average Bonchev–Trinajstić information content (AvgIpc) is 3.18. The molecule has 2 saturated carbocycles. The molecule has 1 aromatic carbocycles. The molecule has 2 aliphatic rings. The number of aliphatic hydroxyl groups is 2. The van der Waals surface area contributed by atoms with E-state index in [2.05, 4.69) is 0 Å². The Bertz CT molecular complexity index is 467. The zero-order valence-electron chi connectivity index (χ0n) is 10.4. The van der Waals surface area contributed by atoms with E-state index in [0.717, 1.165) is 0 Å². The maximum absolute atomic E-state index is 13.3. The Balaban J connectivity index is 1.77. The van der Waals surface area contributed by atoms with E-state index in [1.165, 1.54) is 24.3 Å². The molecular weight excluding hydrogens is 276 g/mol. The largest absolute Gasteiger partial charge is 0.396 e. The van der Waals surface area contributed by atoms with E-state index in [1.54, 1.807) is 0 Å². The predicted molar refractivity (Wildman–Crippen MR) is 63.0 cm³/mol. The molecule has 110 valence electrons. The Morgan fingerprint density at radius 3 is 1.25 bits per heavy atom. The lowest BCUT2D eigenvalue weighted by molar-refractivity contribution is 0.0774. The molecule has 3 rings (SSSR count). The summed E-state index contributed by atoms with van der Waals surface area (Å²) in [5.74, 6) is -10.1. The summed E-state index contributed by atoms with van der Waals surface area (Å²) >= 11 is 0. The van der Waals surface area contributed by atoms with Crippen LogP contribution in [0.4, 0.5) is 17.6 Å². The maximum Gasteiger partial charge on any atom is 0.261 e. The minimum absolute atomic E-state index is 0.349. The van der Waals surface area contributed by atoms with Crippen molar-refractivity contribution < 1.29 is 27.8 Å². The first-order chi connectivity index (χ1) is 9.35. The Hall–Kier alpha value is -1.14. The van der Waals surface area contributed by atoms with Crippen molar-refractivity contribution >= 4 is 0 Å². The van der Waals surface area contributed by atoms with E-state index in [-0.39, 0.29) is 0 Å². The standard InChI is InChI=1S/C14H14F4O2/c15-13(16)9(5-19)11(13)7-1-2-8(4-3-7)12-10(6-20)14(12,17)18/h1-4,9-12,19-20H,5-6H2. The van der Waals surface area contributed by atoms with E-state index in [9.17, 15) is 17.6 Å². The lowest BCUT2D eigenvalue weighted by Gasteiger charge is -2.03. The number of hydrogen-bond donors (Lipinski definition) is 2. The predicted octanol–water partition coefficient (Wildman–Crippen LogP) is 2.37. The van der Waals surface area contributed by atoms with E-state index >= 15 is 0 Å². The first kappa shape index (κ1) is 13.8. The molecule has 0 spiro atoms. The number of rotatable bonds is 4. The van der Waals surface area contributed by atoms with Crippen LogP contribution in [-0.4, -0.2) is 35.3 Å². The third-order valence-corrected chi connectivity index (χ3v) is 4.45. The molecule has 0 amide bonds. The molecule has 2 nitrogen and oxygen atoms in total. The second-order valence-electron chi connectivity index (χ2n) is 5.55. The van der Waals surface area contributed by atoms with Crippen molar-refractivity contribution in [3.63, 3.8) is 0 Å². The number of aliphatic hydroxyl groups excluding tert-OH is 2. The fourth-order valence-corrected chi connectivity index (χ4v) is 3.05. The first-order valence-electron chi connectivity index (χ1n) is 6.42. The van der Waals surface area contributed by atoms with Gasteiger partial charge >= 0.3 is 0 Å². The van der Waals surface area contributed by atoms with Crippen LogP contribution in [0.1, 0.15) is 23.0 Å².